The molecule has 0 aromatic heterocycles. The molecule has 4 nitrogen and oxygen atoms in total. The predicted molar refractivity (Wildman–Crippen MR) is 86.4 cm³/mol. The Morgan fingerprint density at radius 1 is 1.00 bits per heavy atom. The van der Waals surface area contributed by atoms with Gasteiger partial charge in [0, 0.05) is 9.64 Å². The standard InChI is InChI=1S/C14H15IN2O2/c1-18-10-4-6-14(19-2)13(8-10)17-12-5-3-9(15)7-11(12)16/h3-8,17H,16H2,1-2H3. The molecular formula is C14H15IN2O2. The largest absolute Gasteiger partial charge is 0.497 e. The van der Waals surface area contributed by atoms with E-state index in [9.17, 15) is 0 Å². The quantitative estimate of drug-likeness (QED) is 0.638. The zero-order chi connectivity index (χ0) is 13.8. The molecule has 0 aliphatic rings. The Labute approximate surface area is 126 Å². The van der Waals surface area contributed by atoms with Crippen LogP contribution in [0.2, 0.25) is 0 Å². The number of nitrogens with one attached hydrogen (secondary N) is 1. The molecule has 2 aromatic rings. The second-order valence-corrected chi connectivity index (χ2v) is 5.17. The zero-order valence-corrected chi connectivity index (χ0v) is 12.9. The molecule has 3 N–H and O–H groups in total. The number of benzene rings is 2. The molecule has 0 spiro atoms. The van der Waals surface area contributed by atoms with Crippen molar-refractivity contribution in [2.45, 2.75) is 0 Å². The maximum absolute atomic E-state index is 5.99. The molecule has 19 heavy (non-hydrogen) atoms. The number of hydrogen-bond acceptors (Lipinski definition) is 4. The van der Waals surface area contributed by atoms with Gasteiger partial charge in [-0.3, -0.25) is 0 Å². The highest BCUT2D eigenvalue weighted by molar-refractivity contribution is 14.1. The fourth-order valence-corrected chi connectivity index (χ4v) is 2.22. The van der Waals surface area contributed by atoms with E-state index in [4.69, 9.17) is 15.2 Å². The Morgan fingerprint density at radius 2 is 1.79 bits per heavy atom. The molecule has 2 rings (SSSR count). The first kappa shape index (κ1) is 13.8. The van der Waals surface area contributed by atoms with Gasteiger partial charge in [-0.2, -0.15) is 0 Å². The van der Waals surface area contributed by atoms with E-state index in [0.29, 0.717) is 5.69 Å². The minimum Gasteiger partial charge on any atom is -0.497 e. The highest BCUT2D eigenvalue weighted by Crippen LogP contribution is 2.33. The van der Waals surface area contributed by atoms with E-state index in [-0.39, 0.29) is 0 Å². The van der Waals surface area contributed by atoms with E-state index in [1.54, 1.807) is 14.2 Å². The SMILES string of the molecule is COc1ccc(OC)c(Nc2ccc(I)cc2N)c1. The van der Waals surface area contributed by atoms with Crippen LogP contribution >= 0.6 is 22.6 Å². The third-order valence-corrected chi connectivity index (χ3v) is 3.36. The van der Waals surface area contributed by atoms with Crippen molar-refractivity contribution in [1.82, 2.24) is 0 Å². The van der Waals surface area contributed by atoms with Gasteiger partial charge in [0.15, 0.2) is 0 Å². The summed E-state index contributed by atoms with van der Waals surface area (Å²) in [4.78, 5) is 0. The number of rotatable bonds is 4. The van der Waals surface area contributed by atoms with Crippen LogP contribution in [0.25, 0.3) is 0 Å². The van der Waals surface area contributed by atoms with E-state index in [1.165, 1.54) is 0 Å². The summed E-state index contributed by atoms with van der Waals surface area (Å²) in [5, 5.41) is 3.26. The fraction of sp³-hybridized carbons (Fsp3) is 0.143. The monoisotopic (exact) mass is 370 g/mol. The molecule has 0 heterocycles. The molecule has 0 saturated heterocycles. The molecule has 0 saturated carbocycles. The Morgan fingerprint density at radius 3 is 2.42 bits per heavy atom. The zero-order valence-electron chi connectivity index (χ0n) is 10.7. The van der Waals surface area contributed by atoms with Gasteiger partial charge in [0.05, 0.1) is 31.3 Å². The molecule has 5 heteroatoms. The second-order valence-electron chi connectivity index (χ2n) is 3.92. The summed E-state index contributed by atoms with van der Waals surface area (Å²) in [6, 6.07) is 11.4. The van der Waals surface area contributed by atoms with Gasteiger partial charge in [0.2, 0.25) is 0 Å². The molecule has 0 aliphatic carbocycles. The maximum Gasteiger partial charge on any atom is 0.142 e. The van der Waals surface area contributed by atoms with Crippen LogP contribution in [-0.2, 0) is 0 Å². The van der Waals surface area contributed by atoms with Crippen LogP contribution in [0.5, 0.6) is 11.5 Å². The van der Waals surface area contributed by atoms with Gasteiger partial charge in [-0.25, -0.2) is 0 Å². The average molecular weight is 370 g/mol. The van der Waals surface area contributed by atoms with Gasteiger partial charge >= 0.3 is 0 Å². The van der Waals surface area contributed by atoms with Crippen molar-refractivity contribution >= 4 is 39.7 Å². The Balaban J connectivity index is 2.36. The van der Waals surface area contributed by atoms with Crippen molar-refractivity contribution in [2.75, 3.05) is 25.3 Å². The number of nitrogen functional groups attached to an aromatic ring is 1. The number of halogens is 1. The first-order chi connectivity index (χ1) is 9.13. The predicted octanol–water partition coefficient (Wildman–Crippen LogP) is 3.63. The number of methoxy groups -OCH3 is 2. The lowest BCUT2D eigenvalue weighted by Crippen LogP contribution is -1.99. The molecule has 0 fully saturated rings. The fourth-order valence-electron chi connectivity index (χ4n) is 1.70. The minimum absolute atomic E-state index is 0.691. The van der Waals surface area contributed by atoms with Gasteiger partial charge < -0.3 is 20.5 Å². The van der Waals surface area contributed by atoms with Gasteiger partial charge in [-0.05, 0) is 52.9 Å². The summed E-state index contributed by atoms with van der Waals surface area (Å²) in [6.45, 7) is 0. The smallest absolute Gasteiger partial charge is 0.142 e. The van der Waals surface area contributed by atoms with Crippen LogP contribution in [0.4, 0.5) is 17.1 Å². The molecule has 2 aromatic carbocycles. The van der Waals surface area contributed by atoms with E-state index in [0.717, 1.165) is 26.4 Å². The Hall–Kier alpha value is -1.63. The number of hydrogen-bond donors (Lipinski definition) is 2. The van der Waals surface area contributed by atoms with E-state index in [2.05, 4.69) is 27.9 Å². The van der Waals surface area contributed by atoms with Crippen LogP contribution < -0.4 is 20.5 Å². The first-order valence-electron chi connectivity index (χ1n) is 5.68. The van der Waals surface area contributed by atoms with Crippen LogP contribution in [0.15, 0.2) is 36.4 Å². The molecule has 0 radical (unpaired) electrons. The second kappa shape index (κ2) is 6.01. The van der Waals surface area contributed by atoms with Crippen molar-refractivity contribution in [3.63, 3.8) is 0 Å². The van der Waals surface area contributed by atoms with Gasteiger partial charge in [-0.1, -0.05) is 0 Å². The molecular weight excluding hydrogens is 355 g/mol. The maximum atomic E-state index is 5.99. The van der Waals surface area contributed by atoms with E-state index in [1.807, 2.05) is 36.4 Å². The van der Waals surface area contributed by atoms with Crippen LogP contribution in [0.3, 0.4) is 0 Å². The molecule has 0 bridgehead atoms. The topological polar surface area (TPSA) is 56.5 Å². The molecule has 0 aliphatic heterocycles. The van der Waals surface area contributed by atoms with Crippen molar-refractivity contribution in [1.29, 1.82) is 0 Å². The number of ether oxygens (including phenoxy) is 2. The lowest BCUT2D eigenvalue weighted by Gasteiger charge is -2.14. The molecule has 0 amide bonds. The van der Waals surface area contributed by atoms with E-state index < -0.39 is 0 Å². The summed E-state index contributed by atoms with van der Waals surface area (Å²) < 4.78 is 11.6. The number of anilines is 3. The lowest BCUT2D eigenvalue weighted by atomic mass is 10.2. The van der Waals surface area contributed by atoms with Crippen molar-refractivity contribution in [3.05, 3.63) is 40.0 Å². The number of nitrogens with two attached hydrogens (primary N) is 1. The van der Waals surface area contributed by atoms with Gasteiger partial charge in [-0.15, -0.1) is 0 Å². The average Bonchev–Trinajstić information content (AvgIpc) is 2.41. The summed E-state index contributed by atoms with van der Waals surface area (Å²) in [6.07, 6.45) is 0. The Kier molecular flexibility index (Phi) is 4.36. The first-order valence-corrected chi connectivity index (χ1v) is 6.76. The lowest BCUT2D eigenvalue weighted by molar-refractivity contribution is 0.405. The highest BCUT2D eigenvalue weighted by atomic mass is 127. The van der Waals surface area contributed by atoms with Crippen LogP contribution in [0, 0.1) is 3.57 Å². The van der Waals surface area contributed by atoms with E-state index >= 15 is 0 Å². The summed E-state index contributed by atoms with van der Waals surface area (Å²) in [5.74, 6) is 1.49. The van der Waals surface area contributed by atoms with Crippen LogP contribution in [0.1, 0.15) is 0 Å². The summed E-state index contributed by atoms with van der Waals surface area (Å²) in [7, 11) is 3.26. The Bertz CT molecular complexity index is 588. The third kappa shape index (κ3) is 3.23. The highest BCUT2D eigenvalue weighted by Gasteiger charge is 2.07. The van der Waals surface area contributed by atoms with Crippen molar-refractivity contribution in [3.8, 4) is 11.5 Å². The van der Waals surface area contributed by atoms with Gasteiger partial charge in [0.25, 0.3) is 0 Å². The van der Waals surface area contributed by atoms with Crippen molar-refractivity contribution in [2.24, 2.45) is 0 Å². The van der Waals surface area contributed by atoms with Crippen LogP contribution in [-0.4, -0.2) is 14.2 Å². The van der Waals surface area contributed by atoms with Gasteiger partial charge in [0.1, 0.15) is 11.5 Å². The summed E-state index contributed by atoms with van der Waals surface area (Å²) >= 11 is 2.23. The molecule has 100 valence electrons. The molecule has 0 atom stereocenters. The molecule has 0 unspecified atom stereocenters. The summed E-state index contributed by atoms with van der Waals surface area (Å²) in [5.41, 5.74) is 8.34. The van der Waals surface area contributed by atoms with Crippen molar-refractivity contribution < 1.29 is 9.47 Å². The normalized spacial score (nSPS) is 10.1. The minimum atomic E-state index is 0.691. The third-order valence-electron chi connectivity index (χ3n) is 2.69.